The molecular weight excluding hydrogens is 168 g/mol. The zero-order valence-corrected chi connectivity index (χ0v) is 9.14. The van der Waals surface area contributed by atoms with E-state index in [-0.39, 0.29) is 0 Å². The number of hydrogen-bond donors (Lipinski definition) is 0. The molecule has 2 aliphatic carbocycles. The first kappa shape index (κ1) is 9.51. The van der Waals surface area contributed by atoms with Crippen molar-refractivity contribution in [1.82, 2.24) is 0 Å². The van der Waals surface area contributed by atoms with Crippen LogP contribution in [0.25, 0.3) is 0 Å². The fraction of sp³-hybridized carbons (Fsp3) is 0.429. The summed E-state index contributed by atoms with van der Waals surface area (Å²) in [4.78, 5) is 0. The summed E-state index contributed by atoms with van der Waals surface area (Å²) in [6.07, 6.45) is 13.9. The van der Waals surface area contributed by atoms with Gasteiger partial charge in [-0.15, -0.1) is 0 Å². The second-order valence-corrected chi connectivity index (χ2v) is 4.29. The molecule has 2 aliphatic rings. The van der Waals surface area contributed by atoms with E-state index in [4.69, 9.17) is 0 Å². The Bertz CT molecular complexity index is 312. The molecule has 0 heterocycles. The van der Waals surface area contributed by atoms with E-state index in [0.29, 0.717) is 0 Å². The first-order valence-electron chi connectivity index (χ1n) is 5.47. The van der Waals surface area contributed by atoms with E-state index >= 15 is 0 Å². The van der Waals surface area contributed by atoms with Crippen LogP contribution in [0.15, 0.2) is 46.6 Å². The minimum atomic E-state index is 1.19. The maximum atomic E-state index is 2.28. The van der Waals surface area contributed by atoms with Crippen LogP contribution in [-0.4, -0.2) is 0 Å². The zero-order chi connectivity index (χ0) is 9.97. The van der Waals surface area contributed by atoms with Gasteiger partial charge in [-0.2, -0.15) is 0 Å². The molecule has 0 saturated heterocycles. The van der Waals surface area contributed by atoms with Crippen LogP contribution >= 0.6 is 0 Å². The molecule has 0 aromatic heterocycles. The van der Waals surface area contributed by atoms with Gasteiger partial charge in [0.15, 0.2) is 0 Å². The van der Waals surface area contributed by atoms with Crippen molar-refractivity contribution in [2.75, 3.05) is 0 Å². The highest BCUT2D eigenvalue weighted by atomic mass is 14.1. The molecule has 0 saturated carbocycles. The first-order chi connectivity index (χ1) is 6.77. The molecule has 0 atom stereocenters. The molecule has 2 rings (SSSR count). The summed E-state index contributed by atoms with van der Waals surface area (Å²) in [7, 11) is 0. The van der Waals surface area contributed by atoms with E-state index < -0.39 is 0 Å². The van der Waals surface area contributed by atoms with Crippen molar-refractivity contribution in [3.05, 3.63) is 46.6 Å². The predicted molar refractivity (Wildman–Crippen MR) is 62.1 cm³/mol. The maximum absolute atomic E-state index is 2.28. The lowest BCUT2D eigenvalue weighted by Gasteiger charge is -2.06. The molecule has 0 fully saturated rings. The smallest absolute Gasteiger partial charge is 0.0130 e. The second kappa shape index (κ2) is 4.00. The van der Waals surface area contributed by atoms with Gasteiger partial charge in [0.1, 0.15) is 0 Å². The molecule has 0 nitrogen and oxygen atoms in total. The lowest BCUT2D eigenvalue weighted by atomic mass is 9.99. The maximum Gasteiger partial charge on any atom is -0.0130 e. The van der Waals surface area contributed by atoms with E-state index in [1.807, 2.05) is 0 Å². The van der Waals surface area contributed by atoms with Crippen molar-refractivity contribution in [2.24, 2.45) is 0 Å². The average Bonchev–Trinajstić information content (AvgIpc) is 2.72. The van der Waals surface area contributed by atoms with Crippen molar-refractivity contribution in [3.8, 4) is 0 Å². The third-order valence-electron chi connectivity index (χ3n) is 3.31. The van der Waals surface area contributed by atoms with Gasteiger partial charge in [-0.1, -0.05) is 46.6 Å². The van der Waals surface area contributed by atoms with Crippen LogP contribution in [0.1, 0.15) is 39.5 Å². The van der Waals surface area contributed by atoms with Gasteiger partial charge < -0.3 is 0 Å². The molecule has 0 bridgehead atoms. The summed E-state index contributed by atoms with van der Waals surface area (Å²) >= 11 is 0. The minimum Gasteiger partial charge on any atom is -0.0802 e. The van der Waals surface area contributed by atoms with Crippen molar-refractivity contribution in [2.45, 2.75) is 39.5 Å². The summed E-state index contributed by atoms with van der Waals surface area (Å²) < 4.78 is 0. The molecule has 0 aromatic carbocycles. The highest BCUT2D eigenvalue weighted by Crippen LogP contribution is 2.28. The topological polar surface area (TPSA) is 0 Å². The standard InChI is InChI=1S/C14H18/c1-11-5-3-7-13(11)9-10-14-8-4-6-12(14)2/h3-6H,7-10H2,1-2H3. The second-order valence-electron chi connectivity index (χ2n) is 4.29. The van der Waals surface area contributed by atoms with Crippen LogP contribution < -0.4 is 0 Å². The Balaban J connectivity index is 1.90. The summed E-state index contributed by atoms with van der Waals surface area (Å²) in [5.41, 5.74) is 6.26. The number of allylic oxidation sites excluding steroid dienone is 8. The predicted octanol–water partition coefficient (Wildman–Crippen LogP) is 4.32. The lowest BCUT2D eigenvalue weighted by Crippen LogP contribution is -1.87. The number of rotatable bonds is 3. The largest absolute Gasteiger partial charge is 0.0802 e. The van der Waals surface area contributed by atoms with E-state index in [9.17, 15) is 0 Å². The third kappa shape index (κ3) is 1.89. The van der Waals surface area contributed by atoms with E-state index in [0.717, 1.165) is 0 Å². The van der Waals surface area contributed by atoms with Gasteiger partial charge in [-0.3, -0.25) is 0 Å². The van der Waals surface area contributed by atoms with Crippen LogP contribution in [0.2, 0.25) is 0 Å². The summed E-state index contributed by atoms with van der Waals surface area (Å²) in [6, 6.07) is 0. The van der Waals surface area contributed by atoms with Gasteiger partial charge in [0.25, 0.3) is 0 Å². The Labute approximate surface area is 86.7 Å². The first-order valence-corrected chi connectivity index (χ1v) is 5.47. The van der Waals surface area contributed by atoms with Crippen molar-refractivity contribution >= 4 is 0 Å². The summed E-state index contributed by atoms with van der Waals surface area (Å²) in [6.45, 7) is 4.46. The Morgan fingerprint density at radius 1 is 0.857 bits per heavy atom. The Kier molecular flexibility index (Phi) is 2.72. The molecule has 0 unspecified atom stereocenters. The fourth-order valence-electron chi connectivity index (χ4n) is 2.21. The highest BCUT2D eigenvalue weighted by molar-refractivity contribution is 5.35. The minimum absolute atomic E-state index is 1.19. The molecule has 0 amide bonds. The number of hydrogen-bond acceptors (Lipinski definition) is 0. The average molecular weight is 186 g/mol. The molecule has 0 spiro atoms. The van der Waals surface area contributed by atoms with Gasteiger partial charge in [0.2, 0.25) is 0 Å². The zero-order valence-electron chi connectivity index (χ0n) is 9.14. The lowest BCUT2D eigenvalue weighted by molar-refractivity contribution is 0.873. The molecule has 14 heavy (non-hydrogen) atoms. The van der Waals surface area contributed by atoms with Gasteiger partial charge in [0, 0.05) is 0 Å². The molecule has 0 aliphatic heterocycles. The molecule has 74 valence electrons. The molecule has 0 radical (unpaired) electrons. The van der Waals surface area contributed by atoms with Crippen LogP contribution in [0.3, 0.4) is 0 Å². The van der Waals surface area contributed by atoms with Crippen LogP contribution in [-0.2, 0) is 0 Å². The van der Waals surface area contributed by atoms with Crippen LogP contribution in [0.4, 0.5) is 0 Å². The van der Waals surface area contributed by atoms with Crippen molar-refractivity contribution in [1.29, 1.82) is 0 Å². The highest BCUT2D eigenvalue weighted by Gasteiger charge is 2.09. The Hall–Kier alpha value is -1.04. The molecule has 0 aromatic rings. The molecular formula is C14H18. The molecule has 0 N–H and O–H groups in total. The van der Waals surface area contributed by atoms with Gasteiger partial charge in [0.05, 0.1) is 0 Å². The van der Waals surface area contributed by atoms with Crippen molar-refractivity contribution in [3.63, 3.8) is 0 Å². The van der Waals surface area contributed by atoms with E-state index in [1.54, 1.807) is 11.1 Å². The monoisotopic (exact) mass is 186 g/mol. The van der Waals surface area contributed by atoms with Gasteiger partial charge in [-0.05, 0) is 39.5 Å². The molecule has 0 heteroatoms. The summed E-state index contributed by atoms with van der Waals surface area (Å²) in [5.74, 6) is 0. The van der Waals surface area contributed by atoms with E-state index in [2.05, 4.69) is 38.2 Å². The van der Waals surface area contributed by atoms with E-state index in [1.165, 1.54) is 36.8 Å². The third-order valence-corrected chi connectivity index (χ3v) is 3.31. The SMILES string of the molecule is CC1=C(CCC2=C(C)C=CC2)CC=C1. The summed E-state index contributed by atoms with van der Waals surface area (Å²) in [5, 5.41) is 0. The van der Waals surface area contributed by atoms with Crippen LogP contribution in [0.5, 0.6) is 0 Å². The fourth-order valence-corrected chi connectivity index (χ4v) is 2.21. The quantitative estimate of drug-likeness (QED) is 0.615. The van der Waals surface area contributed by atoms with Crippen molar-refractivity contribution < 1.29 is 0 Å². The Morgan fingerprint density at radius 3 is 1.57 bits per heavy atom. The van der Waals surface area contributed by atoms with Gasteiger partial charge in [-0.25, -0.2) is 0 Å². The van der Waals surface area contributed by atoms with Gasteiger partial charge >= 0.3 is 0 Å². The normalized spacial score (nSPS) is 20.4. The Morgan fingerprint density at radius 2 is 1.29 bits per heavy atom. The van der Waals surface area contributed by atoms with Crippen LogP contribution in [0, 0.1) is 0 Å².